The fourth-order valence-corrected chi connectivity index (χ4v) is 2.67. The molecule has 0 fully saturated rings. The molecule has 1 heterocycles. The number of halogens is 1. The van der Waals surface area contributed by atoms with Crippen molar-refractivity contribution < 1.29 is 18.3 Å². The first-order valence-electron chi connectivity index (χ1n) is 8.86. The van der Waals surface area contributed by atoms with Gasteiger partial charge in [0.1, 0.15) is 5.82 Å². The van der Waals surface area contributed by atoms with Crippen LogP contribution in [-0.2, 0) is 4.74 Å². The van der Waals surface area contributed by atoms with E-state index in [0.29, 0.717) is 42.2 Å². The summed E-state index contributed by atoms with van der Waals surface area (Å²) in [5.41, 5.74) is 1.34. The molecule has 0 aliphatic carbocycles. The SMILES string of the molecule is CCOCCCNC(=O)c1ccccc1-c1ncc(-c2ccccc2F)o1. The highest BCUT2D eigenvalue weighted by molar-refractivity contribution is 6.00. The van der Waals surface area contributed by atoms with Gasteiger partial charge in [0.25, 0.3) is 5.91 Å². The van der Waals surface area contributed by atoms with E-state index in [1.807, 2.05) is 6.92 Å². The Kier molecular flexibility index (Phi) is 6.33. The molecule has 0 bridgehead atoms. The number of carbonyl (C=O) groups excluding carboxylic acids is 1. The van der Waals surface area contributed by atoms with E-state index >= 15 is 0 Å². The average Bonchev–Trinajstić information content (AvgIpc) is 3.18. The number of amides is 1. The predicted octanol–water partition coefficient (Wildman–Crippen LogP) is 4.30. The van der Waals surface area contributed by atoms with Crippen LogP contribution in [-0.4, -0.2) is 30.6 Å². The smallest absolute Gasteiger partial charge is 0.252 e. The Morgan fingerprint density at radius 1 is 1.15 bits per heavy atom. The van der Waals surface area contributed by atoms with Gasteiger partial charge in [-0.25, -0.2) is 9.37 Å². The van der Waals surface area contributed by atoms with Gasteiger partial charge >= 0.3 is 0 Å². The number of nitrogens with zero attached hydrogens (tertiary/aromatic N) is 1. The van der Waals surface area contributed by atoms with Crippen molar-refractivity contribution in [1.82, 2.24) is 10.3 Å². The summed E-state index contributed by atoms with van der Waals surface area (Å²) < 4.78 is 25.0. The van der Waals surface area contributed by atoms with E-state index in [1.165, 1.54) is 12.3 Å². The highest BCUT2D eigenvalue weighted by Crippen LogP contribution is 2.29. The average molecular weight is 368 g/mol. The predicted molar refractivity (Wildman–Crippen MR) is 101 cm³/mol. The molecule has 140 valence electrons. The van der Waals surface area contributed by atoms with E-state index in [1.54, 1.807) is 42.5 Å². The standard InChI is InChI=1S/C21H21FN2O3/c1-2-26-13-7-12-23-20(25)15-8-3-4-9-16(15)21-24-14-19(27-21)17-10-5-6-11-18(17)22/h3-6,8-11,14H,2,7,12-13H2,1H3,(H,23,25). The zero-order valence-corrected chi connectivity index (χ0v) is 15.1. The second-order valence-electron chi connectivity index (χ2n) is 5.86. The monoisotopic (exact) mass is 368 g/mol. The molecule has 2 aromatic carbocycles. The summed E-state index contributed by atoms with van der Waals surface area (Å²) in [6.45, 7) is 3.70. The zero-order chi connectivity index (χ0) is 19.1. The van der Waals surface area contributed by atoms with Crippen molar-refractivity contribution in [2.24, 2.45) is 0 Å². The molecular formula is C21H21FN2O3. The van der Waals surface area contributed by atoms with Crippen molar-refractivity contribution in [2.45, 2.75) is 13.3 Å². The van der Waals surface area contributed by atoms with Gasteiger partial charge in [0.2, 0.25) is 5.89 Å². The Labute approximate surface area is 157 Å². The first-order chi connectivity index (χ1) is 13.2. The number of carbonyl (C=O) groups is 1. The lowest BCUT2D eigenvalue weighted by Gasteiger charge is -2.08. The molecule has 3 aromatic rings. The van der Waals surface area contributed by atoms with Crippen LogP contribution in [0, 0.1) is 5.82 Å². The van der Waals surface area contributed by atoms with Gasteiger partial charge in [-0.1, -0.05) is 24.3 Å². The maximum absolute atomic E-state index is 14.0. The third-order valence-corrected chi connectivity index (χ3v) is 4.00. The first kappa shape index (κ1) is 18.8. The van der Waals surface area contributed by atoms with Gasteiger partial charge in [0.15, 0.2) is 5.76 Å². The Balaban J connectivity index is 1.78. The van der Waals surface area contributed by atoms with Crippen LogP contribution in [0.15, 0.2) is 59.1 Å². The van der Waals surface area contributed by atoms with E-state index in [0.717, 1.165) is 6.42 Å². The number of rotatable bonds is 8. The van der Waals surface area contributed by atoms with Crippen LogP contribution in [0.2, 0.25) is 0 Å². The maximum atomic E-state index is 14.0. The molecular weight excluding hydrogens is 347 g/mol. The Morgan fingerprint density at radius 3 is 2.67 bits per heavy atom. The minimum Gasteiger partial charge on any atom is -0.436 e. The summed E-state index contributed by atoms with van der Waals surface area (Å²) in [6, 6.07) is 13.4. The maximum Gasteiger partial charge on any atom is 0.252 e. The van der Waals surface area contributed by atoms with Crippen LogP contribution >= 0.6 is 0 Å². The van der Waals surface area contributed by atoms with Crippen molar-refractivity contribution in [3.05, 3.63) is 66.1 Å². The molecule has 6 heteroatoms. The molecule has 0 saturated carbocycles. The fraction of sp³-hybridized carbons (Fsp3) is 0.238. The molecule has 0 aliphatic rings. The van der Waals surface area contributed by atoms with Crippen molar-refractivity contribution >= 4 is 5.91 Å². The van der Waals surface area contributed by atoms with Crippen LogP contribution in [0.4, 0.5) is 4.39 Å². The summed E-state index contributed by atoms with van der Waals surface area (Å²) in [4.78, 5) is 16.8. The second-order valence-corrected chi connectivity index (χ2v) is 5.86. The van der Waals surface area contributed by atoms with Crippen LogP contribution in [0.25, 0.3) is 22.8 Å². The number of ether oxygens (including phenoxy) is 1. The third-order valence-electron chi connectivity index (χ3n) is 4.00. The summed E-state index contributed by atoms with van der Waals surface area (Å²) in [5, 5.41) is 2.87. The summed E-state index contributed by atoms with van der Waals surface area (Å²) >= 11 is 0. The molecule has 1 N–H and O–H groups in total. The van der Waals surface area contributed by atoms with Crippen molar-refractivity contribution in [3.63, 3.8) is 0 Å². The Hall–Kier alpha value is -2.99. The number of oxazole rings is 1. The van der Waals surface area contributed by atoms with Crippen LogP contribution in [0.3, 0.4) is 0 Å². The highest BCUT2D eigenvalue weighted by atomic mass is 19.1. The molecule has 0 aliphatic heterocycles. The Morgan fingerprint density at radius 2 is 1.89 bits per heavy atom. The lowest BCUT2D eigenvalue weighted by molar-refractivity contribution is 0.0944. The minimum atomic E-state index is -0.388. The van der Waals surface area contributed by atoms with E-state index < -0.39 is 0 Å². The second kappa shape index (κ2) is 9.09. The molecule has 0 atom stereocenters. The van der Waals surface area contributed by atoms with Gasteiger partial charge in [-0.05, 0) is 37.6 Å². The molecule has 0 radical (unpaired) electrons. The first-order valence-corrected chi connectivity index (χ1v) is 8.86. The summed E-state index contributed by atoms with van der Waals surface area (Å²) in [6.07, 6.45) is 2.20. The van der Waals surface area contributed by atoms with Gasteiger partial charge in [-0.2, -0.15) is 0 Å². The lowest BCUT2D eigenvalue weighted by Crippen LogP contribution is -2.25. The molecule has 0 unspecified atom stereocenters. The number of nitrogens with one attached hydrogen (secondary N) is 1. The number of hydrogen-bond acceptors (Lipinski definition) is 4. The minimum absolute atomic E-state index is 0.215. The lowest BCUT2D eigenvalue weighted by atomic mass is 10.1. The van der Waals surface area contributed by atoms with Gasteiger partial charge in [-0.15, -0.1) is 0 Å². The van der Waals surface area contributed by atoms with Crippen LogP contribution < -0.4 is 5.32 Å². The molecule has 27 heavy (non-hydrogen) atoms. The molecule has 1 aromatic heterocycles. The number of aromatic nitrogens is 1. The highest BCUT2D eigenvalue weighted by Gasteiger charge is 2.17. The van der Waals surface area contributed by atoms with Crippen LogP contribution in [0.5, 0.6) is 0 Å². The van der Waals surface area contributed by atoms with Crippen molar-refractivity contribution in [2.75, 3.05) is 19.8 Å². The molecule has 5 nitrogen and oxygen atoms in total. The fourth-order valence-electron chi connectivity index (χ4n) is 2.67. The quantitative estimate of drug-likeness (QED) is 0.602. The largest absolute Gasteiger partial charge is 0.436 e. The number of hydrogen-bond donors (Lipinski definition) is 1. The topological polar surface area (TPSA) is 64.4 Å². The zero-order valence-electron chi connectivity index (χ0n) is 15.1. The van der Waals surface area contributed by atoms with E-state index in [4.69, 9.17) is 9.15 Å². The summed E-state index contributed by atoms with van der Waals surface area (Å²) in [5.74, 6) is -0.0170. The molecule has 3 rings (SSSR count). The normalized spacial score (nSPS) is 10.7. The van der Waals surface area contributed by atoms with E-state index in [9.17, 15) is 9.18 Å². The number of benzene rings is 2. The Bertz CT molecular complexity index is 908. The van der Waals surface area contributed by atoms with E-state index in [2.05, 4.69) is 10.3 Å². The molecule has 0 spiro atoms. The van der Waals surface area contributed by atoms with Crippen molar-refractivity contribution in [1.29, 1.82) is 0 Å². The molecule has 1 amide bonds. The molecule has 0 saturated heterocycles. The van der Waals surface area contributed by atoms with E-state index in [-0.39, 0.29) is 17.6 Å². The van der Waals surface area contributed by atoms with Gasteiger partial charge in [0, 0.05) is 25.3 Å². The van der Waals surface area contributed by atoms with Crippen LogP contribution in [0.1, 0.15) is 23.7 Å². The van der Waals surface area contributed by atoms with Gasteiger partial charge in [0.05, 0.1) is 17.3 Å². The van der Waals surface area contributed by atoms with Crippen molar-refractivity contribution in [3.8, 4) is 22.8 Å². The third kappa shape index (κ3) is 4.60. The van der Waals surface area contributed by atoms with Gasteiger partial charge in [-0.3, -0.25) is 4.79 Å². The summed E-state index contributed by atoms with van der Waals surface area (Å²) in [7, 11) is 0. The van der Waals surface area contributed by atoms with Gasteiger partial charge < -0.3 is 14.5 Å².